The fourth-order valence-corrected chi connectivity index (χ4v) is 1.24. The lowest BCUT2D eigenvalue weighted by atomic mass is 10.2. The Kier molecular flexibility index (Phi) is 1.93. The van der Waals surface area contributed by atoms with Crippen LogP contribution in [0.5, 0.6) is 5.75 Å². The molecule has 0 saturated heterocycles. The second kappa shape index (κ2) is 3.09. The molecule has 1 aromatic carbocycles. The topological polar surface area (TPSA) is 38.3 Å². The average molecular weight is 177 g/mol. The van der Waals surface area contributed by atoms with Gasteiger partial charge in [0.25, 0.3) is 0 Å². The number of carbonyl (C=O) groups excluding carboxylic acids is 1. The maximum Gasteiger partial charge on any atom is 0.230 e. The number of amides is 1. The van der Waals surface area contributed by atoms with E-state index >= 15 is 0 Å². The van der Waals surface area contributed by atoms with Gasteiger partial charge in [-0.15, -0.1) is 0 Å². The molecule has 3 nitrogen and oxygen atoms in total. The minimum atomic E-state index is -0.0904. The van der Waals surface area contributed by atoms with E-state index in [-0.39, 0.29) is 11.8 Å². The summed E-state index contributed by atoms with van der Waals surface area (Å²) in [6.07, 6.45) is 0. The summed E-state index contributed by atoms with van der Waals surface area (Å²) in [5, 5.41) is 2.81. The minimum Gasteiger partial charge on any atom is -0.491 e. The monoisotopic (exact) mass is 177 g/mol. The minimum absolute atomic E-state index is 0.0185. The van der Waals surface area contributed by atoms with Gasteiger partial charge in [0.2, 0.25) is 5.91 Å². The first-order chi connectivity index (χ1) is 6.27. The first-order valence-corrected chi connectivity index (χ1v) is 4.30. The lowest BCUT2D eigenvalue weighted by Crippen LogP contribution is -2.21. The van der Waals surface area contributed by atoms with E-state index in [1.54, 1.807) is 0 Å². The number of hydrogen-bond donors (Lipinski definition) is 1. The van der Waals surface area contributed by atoms with E-state index in [9.17, 15) is 4.79 Å². The van der Waals surface area contributed by atoms with E-state index < -0.39 is 0 Å². The van der Waals surface area contributed by atoms with Crippen LogP contribution in [0.1, 0.15) is 6.92 Å². The Hall–Kier alpha value is -1.51. The second-order valence-electron chi connectivity index (χ2n) is 3.20. The van der Waals surface area contributed by atoms with E-state index in [4.69, 9.17) is 4.74 Å². The third kappa shape index (κ3) is 1.49. The molecule has 0 radical (unpaired) electrons. The molecule has 0 bridgehead atoms. The van der Waals surface area contributed by atoms with Crippen LogP contribution in [0, 0.1) is 5.92 Å². The summed E-state index contributed by atoms with van der Waals surface area (Å²) in [6.45, 7) is 2.30. The molecule has 13 heavy (non-hydrogen) atoms. The molecule has 0 saturated carbocycles. The van der Waals surface area contributed by atoms with Crippen LogP contribution >= 0.6 is 0 Å². The van der Waals surface area contributed by atoms with Crippen LogP contribution in [-0.4, -0.2) is 12.5 Å². The number of rotatable bonds is 0. The Morgan fingerprint density at radius 1 is 1.46 bits per heavy atom. The summed E-state index contributed by atoms with van der Waals surface area (Å²) < 4.78 is 5.45. The number of anilines is 1. The highest BCUT2D eigenvalue weighted by atomic mass is 16.5. The molecule has 68 valence electrons. The van der Waals surface area contributed by atoms with Crippen molar-refractivity contribution in [2.45, 2.75) is 6.92 Å². The third-order valence-electron chi connectivity index (χ3n) is 2.08. The second-order valence-corrected chi connectivity index (χ2v) is 3.20. The first-order valence-electron chi connectivity index (χ1n) is 4.30. The van der Waals surface area contributed by atoms with Gasteiger partial charge in [-0.2, -0.15) is 0 Å². The average Bonchev–Trinajstić information content (AvgIpc) is 2.28. The van der Waals surface area contributed by atoms with Gasteiger partial charge in [-0.3, -0.25) is 4.79 Å². The molecule has 0 spiro atoms. The van der Waals surface area contributed by atoms with Crippen LogP contribution in [0.4, 0.5) is 5.69 Å². The Balaban J connectivity index is 2.35. The van der Waals surface area contributed by atoms with E-state index in [0.29, 0.717) is 6.61 Å². The Bertz CT molecular complexity index is 335. The molecule has 3 heteroatoms. The zero-order valence-corrected chi connectivity index (χ0v) is 7.41. The Morgan fingerprint density at radius 2 is 2.23 bits per heavy atom. The molecule has 1 atom stereocenters. The molecule has 0 fully saturated rings. The summed E-state index contributed by atoms with van der Waals surface area (Å²) in [6, 6.07) is 7.46. The summed E-state index contributed by atoms with van der Waals surface area (Å²) in [5.74, 6) is 0.678. The standard InChI is InChI=1S/C10H11NO2/c1-7-6-13-9-5-3-2-4-8(9)11-10(7)12/h2-5,7H,6H2,1H3,(H,11,12). The van der Waals surface area contributed by atoms with Crippen molar-refractivity contribution in [2.24, 2.45) is 5.92 Å². The zero-order chi connectivity index (χ0) is 9.26. The van der Waals surface area contributed by atoms with Crippen molar-refractivity contribution in [1.29, 1.82) is 0 Å². The van der Waals surface area contributed by atoms with E-state index in [0.717, 1.165) is 11.4 Å². The largest absolute Gasteiger partial charge is 0.491 e. The highest BCUT2D eigenvalue weighted by Crippen LogP contribution is 2.26. The smallest absolute Gasteiger partial charge is 0.230 e. The molecular weight excluding hydrogens is 166 g/mol. The molecule has 1 aliphatic rings. The van der Waals surface area contributed by atoms with Crippen molar-refractivity contribution in [1.82, 2.24) is 0 Å². The predicted molar refractivity (Wildman–Crippen MR) is 49.7 cm³/mol. The summed E-state index contributed by atoms with van der Waals surface area (Å²) in [7, 11) is 0. The van der Waals surface area contributed by atoms with Gasteiger partial charge in [0.05, 0.1) is 18.2 Å². The van der Waals surface area contributed by atoms with E-state index in [2.05, 4.69) is 5.32 Å². The van der Waals surface area contributed by atoms with Gasteiger partial charge in [-0.25, -0.2) is 0 Å². The van der Waals surface area contributed by atoms with Crippen LogP contribution in [0.15, 0.2) is 24.3 Å². The number of para-hydroxylation sites is 2. The number of nitrogens with one attached hydrogen (secondary N) is 1. The van der Waals surface area contributed by atoms with Gasteiger partial charge in [-0.05, 0) is 12.1 Å². The van der Waals surface area contributed by atoms with E-state index in [1.165, 1.54) is 0 Å². The zero-order valence-electron chi connectivity index (χ0n) is 7.41. The summed E-state index contributed by atoms with van der Waals surface area (Å²) >= 11 is 0. The Labute approximate surface area is 76.7 Å². The number of benzene rings is 1. The molecule has 0 aromatic heterocycles. The molecule has 1 amide bonds. The van der Waals surface area contributed by atoms with Crippen molar-refractivity contribution in [3.05, 3.63) is 24.3 Å². The van der Waals surface area contributed by atoms with Crippen LogP contribution < -0.4 is 10.1 Å². The van der Waals surface area contributed by atoms with Crippen molar-refractivity contribution >= 4 is 11.6 Å². The summed E-state index contributed by atoms with van der Waals surface area (Å²) in [4.78, 5) is 11.4. The number of hydrogen-bond acceptors (Lipinski definition) is 2. The number of fused-ring (bicyclic) bond motifs is 1. The van der Waals surface area contributed by atoms with Gasteiger partial charge in [0.15, 0.2) is 0 Å². The maximum absolute atomic E-state index is 11.4. The Morgan fingerprint density at radius 3 is 3.08 bits per heavy atom. The van der Waals surface area contributed by atoms with Crippen LogP contribution in [-0.2, 0) is 4.79 Å². The molecule has 1 unspecified atom stereocenters. The highest BCUT2D eigenvalue weighted by Gasteiger charge is 2.19. The van der Waals surface area contributed by atoms with Crippen molar-refractivity contribution in [3.63, 3.8) is 0 Å². The van der Waals surface area contributed by atoms with Crippen LogP contribution in [0.3, 0.4) is 0 Å². The van der Waals surface area contributed by atoms with Gasteiger partial charge in [0, 0.05) is 0 Å². The predicted octanol–water partition coefficient (Wildman–Crippen LogP) is 1.65. The lowest BCUT2D eigenvalue weighted by Gasteiger charge is -2.04. The number of carbonyl (C=O) groups is 1. The van der Waals surface area contributed by atoms with Gasteiger partial charge in [0.1, 0.15) is 5.75 Å². The molecule has 1 heterocycles. The highest BCUT2D eigenvalue weighted by molar-refractivity contribution is 5.94. The number of ether oxygens (including phenoxy) is 1. The molecule has 2 rings (SSSR count). The fraction of sp³-hybridized carbons (Fsp3) is 0.300. The van der Waals surface area contributed by atoms with Crippen LogP contribution in [0.25, 0.3) is 0 Å². The molecular formula is C10H11NO2. The van der Waals surface area contributed by atoms with Crippen molar-refractivity contribution < 1.29 is 9.53 Å². The molecule has 1 aromatic rings. The molecule has 1 aliphatic heterocycles. The third-order valence-corrected chi connectivity index (χ3v) is 2.08. The molecule has 0 aliphatic carbocycles. The van der Waals surface area contributed by atoms with Crippen LogP contribution in [0.2, 0.25) is 0 Å². The van der Waals surface area contributed by atoms with Crippen molar-refractivity contribution in [2.75, 3.05) is 11.9 Å². The lowest BCUT2D eigenvalue weighted by molar-refractivity contribution is -0.119. The van der Waals surface area contributed by atoms with Gasteiger partial charge < -0.3 is 10.1 Å². The first kappa shape index (κ1) is 8.10. The quantitative estimate of drug-likeness (QED) is 0.654. The van der Waals surface area contributed by atoms with Gasteiger partial charge in [-0.1, -0.05) is 19.1 Å². The maximum atomic E-state index is 11.4. The normalized spacial score (nSPS) is 21.0. The SMILES string of the molecule is CC1COc2ccccc2NC1=O. The van der Waals surface area contributed by atoms with Crippen molar-refractivity contribution in [3.8, 4) is 5.75 Å². The summed E-state index contributed by atoms with van der Waals surface area (Å²) in [5.41, 5.74) is 0.761. The van der Waals surface area contributed by atoms with E-state index in [1.807, 2.05) is 31.2 Å². The fourth-order valence-electron chi connectivity index (χ4n) is 1.24. The molecule has 1 N–H and O–H groups in total. The van der Waals surface area contributed by atoms with Gasteiger partial charge >= 0.3 is 0 Å².